The van der Waals surface area contributed by atoms with Crippen LogP contribution in [0.25, 0.3) is 11.0 Å². The predicted molar refractivity (Wildman–Crippen MR) is 92.4 cm³/mol. The molecular weight excluding hydrogens is 324 g/mol. The van der Waals surface area contributed by atoms with Crippen molar-refractivity contribution >= 4 is 23.0 Å². The number of rotatable bonds is 4. The third kappa shape index (κ3) is 3.67. The Labute approximate surface area is 144 Å². The van der Waals surface area contributed by atoms with Crippen LogP contribution in [0.1, 0.15) is 13.3 Å². The molecule has 134 valence electrons. The Kier molecular flexibility index (Phi) is 4.78. The summed E-state index contributed by atoms with van der Waals surface area (Å²) in [6.07, 6.45) is 0.587. The first-order valence-corrected chi connectivity index (χ1v) is 8.39. The minimum Gasteiger partial charge on any atom is -0.481 e. The van der Waals surface area contributed by atoms with Gasteiger partial charge >= 0.3 is 17.7 Å². The summed E-state index contributed by atoms with van der Waals surface area (Å²) in [4.78, 5) is 39.8. The van der Waals surface area contributed by atoms with Gasteiger partial charge in [-0.05, 0) is 24.5 Å². The average molecular weight is 346 g/mol. The van der Waals surface area contributed by atoms with Gasteiger partial charge in [-0.15, -0.1) is 0 Å². The molecule has 1 aromatic carbocycles. The van der Waals surface area contributed by atoms with Crippen LogP contribution in [0.4, 0.5) is 4.79 Å². The van der Waals surface area contributed by atoms with Crippen LogP contribution in [0.2, 0.25) is 0 Å². The van der Waals surface area contributed by atoms with E-state index in [1.165, 1.54) is 0 Å². The minimum atomic E-state index is -0.866. The lowest BCUT2D eigenvalue weighted by Crippen LogP contribution is -2.50. The maximum atomic E-state index is 12.3. The van der Waals surface area contributed by atoms with Gasteiger partial charge in [-0.1, -0.05) is 19.1 Å². The van der Waals surface area contributed by atoms with Crippen molar-refractivity contribution in [1.29, 1.82) is 0 Å². The van der Waals surface area contributed by atoms with Crippen LogP contribution < -0.4 is 11.0 Å². The molecule has 0 bridgehead atoms. The SMILES string of the molecule is CC1CC(C(=O)O)CN(C(=O)NCCn2c(=O)[nH]c3ccccc32)C1. The average Bonchev–Trinajstić information content (AvgIpc) is 2.90. The van der Waals surface area contributed by atoms with E-state index >= 15 is 0 Å². The fourth-order valence-electron chi connectivity index (χ4n) is 3.41. The van der Waals surface area contributed by atoms with E-state index in [-0.39, 0.29) is 24.2 Å². The molecule has 1 aliphatic rings. The van der Waals surface area contributed by atoms with Crippen molar-refractivity contribution in [3.8, 4) is 0 Å². The molecule has 2 unspecified atom stereocenters. The number of nitrogens with one attached hydrogen (secondary N) is 2. The summed E-state index contributed by atoms with van der Waals surface area (Å²) in [6, 6.07) is 7.09. The highest BCUT2D eigenvalue weighted by Crippen LogP contribution is 2.21. The van der Waals surface area contributed by atoms with Crippen molar-refractivity contribution in [1.82, 2.24) is 19.8 Å². The van der Waals surface area contributed by atoms with Crippen molar-refractivity contribution in [2.45, 2.75) is 19.9 Å². The summed E-state index contributed by atoms with van der Waals surface area (Å²) in [7, 11) is 0. The number of fused-ring (bicyclic) bond motifs is 1. The van der Waals surface area contributed by atoms with Gasteiger partial charge < -0.3 is 20.3 Å². The zero-order valence-corrected chi connectivity index (χ0v) is 14.1. The molecule has 2 amide bonds. The van der Waals surface area contributed by atoms with E-state index in [0.717, 1.165) is 11.0 Å². The third-order valence-electron chi connectivity index (χ3n) is 4.59. The fourth-order valence-corrected chi connectivity index (χ4v) is 3.41. The first kappa shape index (κ1) is 17.1. The molecule has 0 radical (unpaired) electrons. The van der Waals surface area contributed by atoms with E-state index < -0.39 is 11.9 Å². The van der Waals surface area contributed by atoms with E-state index in [2.05, 4.69) is 10.3 Å². The number of imidazole rings is 1. The molecule has 0 spiro atoms. The Morgan fingerprint density at radius 2 is 2.08 bits per heavy atom. The lowest BCUT2D eigenvalue weighted by Gasteiger charge is -2.34. The number of H-pyrrole nitrogens is 1. The number of hydrogen-bond donors (Lipinski definition) is 3. The number of piperidine rings is 1. The summed E-state index contributed by atoms with van der Waals surface area (Å²) >= 11 is 0. The number of carbonyl (C=O) groups excluding carboxylic acids is 1. The molecule has 1 fully saturated rings. The number of hydrogen-bond acceptors (Lipinski definition) is 3. The van der Waals surface area contributed by atoms with Crippen molar-refractivity contribution in [2.24, 2.45) is 11.8 Å². The van der Waals surface area contributed by atoms with Gasteiger partial charge in [0.1, 0.15) is 0 Å². The molecule has 0 saturated carbocycles. The number of carboxylic acids is 1. The molecule has 8 heteroatoms. The number of carboxylic acid groups (broad SMARTS) is 1. The molecule has 2 aromatic rings. The number of aliphatic carboxylic acids is 1. The predicted octanol–water partition coefficient (Wildman–Crippen LogP) is 1.08. The number of aromatic nitrogens is 2. The maximum absolute atomic E-state index is 12.3. The first-order chi connectivity index (χ1) is 12.0. The topological polar surface area (TPSA) is 107 Å². The monoisotopic (exact) mass is 346 g/mol. The van der Waals surface area contributed by atoms with E-state index in [0.29, 0.717) is 26.1 Å². The zero-order valence-electron chi connectivity index (χ0n) is 14.1. The molecule has 1 saturated heterocycles. The van der Waals surface area contributed by atoms with Crippen molar-refractivity contribution in [3.05, 3.63) is 34.7 Å². The molecule has 25 heavy (non-hydrogen) atoms. The van der Waals surface area contributed by atoms with Crippen molar-refractivity contribution in [2.75, 3.05) is 19.6 Å². The minimum absolute atomic E-state index is 0.150. The summed E-state index contributed by atoms with van der Waals surface area (Å²) < 4.78 is 1.58. The number of amides is 2. The molecule has 3 rings (SSSR count). The lowest BCUT2D eigenvalue weighted by atomic mass is 9.91. The summed E-state index contributed by atoms with van der Waals surface area (Å²) in [5, 5.41) is 12.0. The Morgan fingerprint density at radius 3 is 2.84 bits per heavy atom. The molecule has 3 N–H and O–H groups in total. The van der Waals surface area contributed by atoms with Crippen LogP contribution in [0, 0.1) is 11.8 Å². The smallest absolute Gasteiger partial charge is 0.326 e. The van der Waals surface area contributed by atoms with Gasteiger partial charge in [0.2, 0.25) is 0 Å². The Balaban J connectivity index is 1.60. The van der Waals surface area contributed by atoms with Gasteiger partial charge in [0, 0.05) is 26.2 Å². The summed E-state index contributed by atoms with van der Waals surface area (Å²) in [5.74, 6) is -1.24. The van der Waals surface area contributed by atoms with E-state index in [4.69, 9.17) is 0 Å². The van der Waals surface area contributed by atoms with Crippen molar-refractivity contribution < 1.29 is 14.7 Å². The van der Waals surface area contributed by atoms with Gasteiger partial charge in [-0.2, -0.15) is 0 Å². The third-order valence-corrected chi connectivity index (χ3v) is 4.59. The number of carbonyl (C=O) groups is 2. The summed E-state index contributed by atoms with van der Waals surface area (Å²) in [6.45, 7) is 3.35. The zero-order chi connectivity index (χ0) is 18.0. The van der Waals surface area contributed by atoms with Gasteiger partial charge in [0.15, 0.2) is 0 Å². The fraction of sp³-hybridized carbons (Fsp3) is 0.471. The standard InChI is InChI=1S/C17H22N4O4/c1-11-8-12(15(22)23)10-20(9-11)16(24)18-6-7-21-14-5-3-2-4-13(14)19-17(21)25/h2-5,11-12H,6-10H2,1H3,(H,18,24)(H,19,25)(H,22,23). The highest BCUT2D eigenvalue weighted by molar-refractivity contribution is 5.77. The molecule has 2 heterocycles. The van der Waals surface area contributed by atoms with E-state index in [9.17, 15) is 19.5 Å². The van der Waals surface area contributed by atoms with Crippen LogP contribution >= 0.6 is 0 Å². The molecule has 1 aliphatic heterocycles. The van der Waals surface area contributed by atoms with Crippen LogP contribution in [0.3, 0.4) is 0 Å². The molecule has 0 aliphatic carbocycles. The van der Waals surface area contributed by atoms with Gasteiger partial charge in [0.25, 0.3) is 0 Å². The quantitative estimate of drug-likeness (QED) is 0.770. The number of likely N-dealkylation sites (tertiary alicyclic amines) is 1. The molecule has 1 aromatic heterocycles. The highest BCUT2D eigenvalue weighted by atomic mass is 16.4. The van der Waals surface area contributed by atoms with Crippen LogP contribution in [-0.2, 0) is 11.3 Å². The second-order valence-electron chi connectivity index (χ2n) is 6.61. The number of benzene rings is 1. The second kappa shape index (κ2) is 7.00. The largest absolute Gasteiger partial charge is 0.481 e. The molecule has 2 atom stereocenters. The van der Waals surface area contributed by atoms with E-state index in [1.54, 1.807) is 9.47 Å². The van der Waals surface area contributed by atoms with Crippen molar-refractivity contribution in [3.63, 3.8) is 0 Å². The number of nitrogens with zero attached hydrogens (tertiary/aromatic N) is 2. The van der Waals surface area contributed by atoms with Gasteiger partial charge in [-0.3, -0.25) is 9.36 Å². The highest BCUT2D eigenvalue weighted by Gasteiger charge is 2.31. The Hall–Kier alpha value is -2.77. The first-order valence-electron chi connectivity index (χ1n) is 8.39. The second-order valence-corrected chi connectivity index (χ2v) is 6.61. The molecular formula is C17H22N4O4. The van der Waals surface area contributed by atoms with Gasteiger partial charge in [0.05, 0.1) is 17.0 Å². The Morgan fingerprint density at radius 1 is 1.32 bits per heavy atom. The summed E-state index contributed by atoms with van der Waals surface area (Å²) in [5.41, 5.74) is 1.33. The molecule has 8 nitrogen and oxygen atoms in total. The van der Waals surface area contributed by atoms with Crippen LogP contribution in [-0.4, -0.2) is 51.2 Å². The number of aromatic amines is 1. The lowest BCUT2D eigenvalue weighted by molar-refractivity contribution is -0.143. The van der Waals surface area contributed by atoms with Crippen LogP contribution in [0.5, 0.6) is 0 Å². The van der Waals surface area contributed by atoms with Crippen LogP contribution in [0.15, 0.2) is 29.1 Å². The number of para-hydroxylation sites is 2. The van der Waals surface area contributed by atoms with Gasteiger partial charge in [-0.25, -0.2) is 9.59 Å². The normalized spacial score (nSPS) is 20.6. The Bertz CT molecular complexity index is 841. The maximum Gasteiger partial charge on any atom is 0.326 e. The number of urea groups is 1. The van der Waals surface area contributed by atoms with E-state index in [1.807, 2.05) is 31.2 Å².